The zero-order valence-electron chi connectivity index (χ0n) is 11.3. The van der Waals surface area contributed by atoms with Crippen LogP contribution in [0.3, 0.4) is 0 Å². The SMILES string of the molecule is Cc1c(C(N)=O)ccnc1-n1nc(C)c2ccccc21. The van der Waals surface area contributed by atoms with E-state index in [4.69, 9.17) is 5.73 Å². The first-order valence-corrected chi connectivity index (χ1v) is 6.29. The quantitative estimate of drug-likeness (QED) is 0.772. The van der Waals surface area contributed by atoms with E-state index in [1.54, 1.807) is 16.9 Å². The van der Waals surface area contributed by atoms with Crippen molar-refractivity contribution in [2.75, 3.05) is 0 Å². The molecule has 0 radical (unpaired) electrons. The summed E-state index contributed by atoms with van der Waals surface area (Å²) in [6.45, 7) is 3.78. The number of amides is 1. The topological polar surface area (TPSA) is 73.8 Å². The van der Waals surface area contributed by atoms with Gasteiger partial charge in [-0.25, -0.2) is 9.67 Å². The fraction of sp³-hybridized carbons (Fsp3) is 0.133. The summed E-state index contributed by atoms with van der Waals surface area (Å²) in [6.07, 6.45) is 1.58. The third kappa shape index (κ3) is 1.75. The number of hydrogen-bond donors (Lipinski definition) is 1. The van der Waals surface area contributed by atoms with Crippen LogP contribution in [0.5, 0.6) is 0 Å². The molecule has 0 spiro atoms. The molecule has 2 aromatic heterocycles. The summed E-state index contributed by atoms with van der Waals surface area (Å²) in [6, 6.07) is 9.54. The number of nitrogens with zero attached hydrogens (tertiary/aromatic N) is 3. The Kier molecular flexibility index (Phi) is 2.75. The van der Waals surface area contributed by atoms with E-state index < -0.39 is 5.91 Å². The number of rotatable bonds is 2. The van der Waals surface area contributed by atoms with Gasteiger partial charge in [-0.3, -0.25) is 4.79 Å². The van der Waals surface area contributed by atoms with Crippen molar-refractivity contribution in [3.63, 3.8) is 0 Å². The predicted molar refractivity (Wildman–Crippen MR) is 76.9 cm³/mol. The highest BCUT2D eigenvalue weighted by molar-refractivity contribution is 5.95. The summed E-state index contributed by atoms with van der Waals surface area (Å²) in [5.41, 5.74) is 8.46. The van der Waals surface area contributed by atoms with E-state index >= 15 is 0 Å². The third-order valence-electron chi connectivity index (χ3n) is 3.42. The molecule has 0 unspecified atom stereocenters. The van der Waals surface area contributed by atoms with Crippen molar-refractivity contribution in [1.29, 1.82) is 0 Å². The lowest BCUT2D eigenvalue weighted by Gasteiger charge is -2.08. The van der Waals surface area contributed by atoms with Gasteiger partial charge >= 0.3 is 0 Å². The van der Waals surface area contributed by atoms with E-state index in [2.05, 4.69) is 10.1 Å². The summed E-state index contributed by atoms with van der Waals surface area (Å²) in [7, 11) is 0. The third-order valence-corrected chi connectivity index (χ3v) is 3.42. The predicted octanol–water partition coefficient (Wildman–Crippen LogP) is 2.14. The monoisotopic (exact) mass is 266 g/mol. The van der Waals surface area contributed by atoms with Gasteiger partial charge in [0.15, 0.2) is 5.82 Å². The molecule has 3 aromatic rings. The van der Waals surface area contributed by atoms with Crippen LogP contribution in [-0.2, 0) is 0 Å². The van der Waals surface area contributed by atoms with Crippen LogP contribution in [0.4, 0.5) is 0 Å². The molecule has 5 nitrogen and oxygen atoms in total. The van der Waals surface area contributed by atoms with Crippen molar-refractivity contribution in [2.24, 2.45) is 5.73 Å². The molecule has 1 aromatic carbocycles. The maximum atomic E-state index is 11.4. The highest BCUT2D eigenvalue weighted by Crippen LogP contribution is 2.23. The fourth-order valence-corrected chi connectivity index (χ4v) is 2.39. The minimum Gasteiger partial charge on any atom is -0.366 e. The highest BCUT2D eigenvalue weighted by atomic mass is 16.1. The van der Waals surface area contributed by atoms with Crippen LogP contribution in [0.2, 0.25) is 0 Å². The summed E-state index contributed by atoms with van der Waals surface area (Å²) in [4.78, 5) is 15.8. The normalized spacial score (nSPS) is 10.9. The lowest BCUT2D eigenvalue weighted by Crippen LogP contribution is -2.15. The summed E-state index contributed by atoms with van der Waals surface area (Å²) in [5, 5.41) is 5.59. The Hall–Kier alpha value is -2.69. The first-order valence-electron chi connectivity index (χ1n) is 6.29. The van der Waals surface area contributed by atoms with E-state index in [-0.39, 0.29) is 0 Å². The van der Waals surface area contributed by atoms with Crippen LogP contribution in [-0.4, -0.2) is 20.7 Å². The Bertz CT molecular complexity index is 820. The van der Waals surface area contributed by atoms with E-state index in [1.807, 2.05) is 38.1 Å². The lowest BCUT2D eigenvalue weighted by molar-refractivity contribution is 0.0999. The number of carbonyl (C=O) groups excluding carboxylic acids is 1. The number of carbonyl (C=O) groups is 1. The molecular weight excluding hydrogens is 252 g/mol. The van der Waals surface area contributed by atoms with Gasteiger partial charge < -0.3 is 5.73 Å². The van der Waals surface area contributed by atoms with Gasteiger partial charge in [-0.2, -0.15) is 5.10 Å². The molecule has 0 saturated carbocycles. The van der Waals surface area contributed by atoms with Gasteiger partial charge in [0, 0.05) is 22.7 Å². The summed E-state index contributed by atoms with van der Waals surface area (Å²) in [5.74, 6) is 0.171. The Labute approximate surface area is 116 Å². The maximum Gasteiger partial charge on any atom is 0.249 e. The molecule has 20 heavy (non-hydrogen) atoms. The second kappa shape index (κ2) is 4.45. The highest BCUT2D eigenvalue weighted by Gasteiger charge is 2.15. The average Bonchev–Trinajstić information content (AvgIpc) is 2.77. The second-order valence-electron chi connectivity index (χ2n) is 4.69. The number of pyridine rings is 1. The van der Waals surface area contributed by atoms with E-state index in [0.29, 0.717) is 11.4 Å². The minimum absolute atomic E-state index is 0.459. The van der Waals surface area contributed by atoms with Crippen molar-refractivity contribution in [3.05, 3.63) is 53.3 Å². The molecule has 0 aliphatic carbocycles. The van der Waals surface area contributed by atoms with Crippen LogP contribution in [0.1, 0.15) is 21.6 Å². The van der Waals surface area contributed by atoms with Crippen LogP contribution in [0, 0.1) is 13.8 Å². The van der Waals surface area contributed by atoms with Crippen LogP contribution in [0.15, 0.2) is 36.5 Å². The van der Waals surface area contributed by atoms with Crippen molar-refractivity contribution >= 4 is 16.8 Å². The van der Waals surface area contributed by atoms with Crippen molar-refractivity contribution in [3.8, 4) is 5.82 Å². The second-order valence-corrected chi connectivity index (χ2v) is 4.69. The number of benzene rings is 1. The first-order chi connectivity index (χ1) is 9.59. The number of para-hydroxylation sites is 1. The number of fused-ring (bicyclic) bond motifs is 1. The van der Waals surface area contributed by atoms with E-state index in [9.17, 15) is 4.79 Å². The van der Waals surface area contributed by atoms with Gasteiger partial charge in [0.05, 0.1) is 11.2 Å². The Morgan fingerprint density at radius 1 is 1.20 bits per heavy atom. The van der Waals surface area contributed by atoms with Gasteiger partial charge in [-0.1, -0.05) is 18.2 Å². The molecule has 0 saturated heterocycles. The molecular formula is C15H14N4O. The van der Waals surface area contributed by atoms with Crippen molar-refractivity contribution < 1.29 is 4.79 Å². The van der Waals surface area contributed by atoms with Gasteiger partial charge in [0.2, 0.25) is 5.91 Å². The number of nitrogens with two attached hydrogens (primary N) is 1. The van der Waals surface area contributed by atoms with E-state index in [0.717, 1.165) is 22.2 Å². The fourth-order valence-electron chi connectivity index (χ4n) is 2.39. The van der Waals surface area contributed by atoms with Gasteiger partial charge in [0.25, 0.3) is 0 Å². The zero-order valence-corrected chi connectivity index (χ0v) is 11.3. The molecule has 1 amide bonds. The van der Waals surface area contributed by atoms with Gasteiger partial charge in [0.1, 0.15) is 0 Å². The van der Waals surface area contributed by atoms with Gasteiger partial charge in [-0.15, -0.1) is 0 Å². The molecule has 2 N–H and O–H groups in total. The van der Waals surface area contributed by atoms with Crippen LogP contribution in [0.25, 0.3) is 16.7 Å². The van der Waals surface area contributed by atoms with Gasteiger partial charge in [-0.05, 0) is 26.0 Å². The molecule has 0 bridgehead atoms. The molecule has 100 valence electrons. The number of aromatic nitrogens is 3. The largest absolute Gasteiger partial charge is 0.366 e. The Morgan fingerprint density at radius 2 is 1.95 bits per heavy atom. The number of primary amides is 1. The molecule has 5 heteroatoms. The van der Waals surface area contributed by atoms with Crippen LogP contribution < -0.4 is 5.73 Å². The Morgan fingerprint density at radius 3 is 2.70 bits per heavy atom. The molecule has 0 aliphatic heterocycles. The number of hydrogen-bond acceptors (Lipinski definition) is 3. The zero-order chi connectivity index (χ0) is 14.3. The lowest BCUT2D eigenvalue weighted by atomic mass is 10.1. The standard InChI is InChI=1S/C15H14N4O/c1-9-11(14(16)20)7-8-17-15(9)19-13-6-4-3-5-12(13)10(2)18-19/h3-8H,1-2H3,(H2,16,20). The molecule has 3 rings (SSSR count). The first kappa shape index (κ1) is 12.3. The van der Waals surface area contributed by atoms with Crippen molar-refractivity contribution in [1.82, 2.24) is 14.8 Å². The van der Waals surface area contributed by atoms with Crippen molar-refractivity contribution in [2.45, 2.75) is 13.8 Å². The Balaban J connectivity index is 2.32. The number of aryl methyl sites for hydroxylation is 1. The minimum atomic E-state index is -0.459. The molecule has 2 heterocycles. The summed E-state index contributed by atoms with van der Waals surface area (Å²) >= 11 is 0. The average molecular weight is 266 g/mol. The molecule has 0 fully saturated rings. The molecule has 0 atom stereocenters. The molecule has 0 aliphatic rings. The van der Waals surface area contributed by atoms with E-state index in [1.165, 1.54) is 0 Å². The van der Waals surface area contributed by atoms with Crippen LogP contribution >= 0.6 is 0 Å². The summed E-state index contributed by atoms with van der Waals surface area (Å²) < 4.78 is 1.76. The maximum absolute atomic E-state index is 11.4. The smallest absolute Gasteiger partial charge is 0.249 e.